The van der Waals surface area contributed by atoms with Crippen LogP contribution in [0.1, 0.15) is 70.9 Å². The fraction of sp³-hybridized carbons (Fsp3) is 0.682. The van der Waals surface area contributed by atoms with Crippen molar-refractivity contribution in [2.24, 2.45) is 5.92 Å². The first kappa shape index (κ1) is 21.2. The minimum Gasteiger partial charge on any atom is -0.355 e. The summed E-state index contributed by atoms with van der Waals surface area (Å²) in [4.78, 5) is 12.6. The Morgan fingerprint density at radius 2 is 1.88 bits per heavy atom. The molecule has 0 bridgehead atoms. The molecule has 1 aromatic carbocycles. The molecule has 1 amide bonds. The van der Waals surface area contributed by atoms with Crippen molar-refractivity contribution in [1.82, 2.24) is 10.6 Å². The molecule has 26 heavy (non-hydrogen) atoms. The lowest BCUT2D eigenvalue weighted by Gasteiger charge is -2.43. The summed E-state index contributed by atoms with van der Waals surface area (Å²) in [6.07, 6.45) is 5.55. The van der Waals surface area contributed by atoms with Crippen LogP contribution >= 0.6 is 12.4 Å². The third kappa shape index (κ3) is 4.61. The van der Waals surface area contributed by atoms with Crippen LogP contribution in [0.25, 0.3) is 0 Å². The van der Waals surface area contributed by atoms with Crippen LogP contribution in [0.4, 0.5) is 0 Å². The van der Waals surface area contributed by atoms with Crippen LogP contribution in [0.3, 0.4) is 0 Å². The predicted octanol–water partition coefficient (Wildman–Crippen LogP) is 4.33. The fourth-order valence-corrected chi connectivity index (χ4v) is 4.27. The largest absolute Gasteiger partial charge is 0.355 e. The van der Waals surface area contributed by atoms with Crippen molar-refractivity contribution in [1.29, 1.82) is 0 Å². The van der Waals surface area contributed by atoms with E-state index in [9.17, 15) is 4.79 Å². The number of hydrogen-bond acceptors (Lipinski definition) is 2. The lowest BCUT2D eigenvalue weighted by atomic mass is 9.64. The van der Waals surface area contributed by atoms with E-state index in [2.05, 4.69) is 62.6 Å². The molecule has 3 nitrogen and oxygen atoms in total. The first-order valence-electron chi connectivity index (χ1n) is 9.92. The SMILES string of the molecule is C[C@H]1C[C@@H](C(=O)NCC2(c3ccc(C(C)(C)C)cc3)CCC2)CCN1.Cl. The standard InChI is InChI=1S/C22H34N2O.ClH/c1-16-14-17(10-13-23-16)20(25)24-15-22(11-5-12-22)19-8-6-18(7-9-19)21(2,3)4;/h6-9,16-17,23H,5,10-15H2,1-4H3,(H,24,25);1H/t16-,17-;/m0./s1. The molecule has 3 rings (SSSR count). The molecule has 1 saturated heterocycles. The zero-order valence-electron chi connectivity index (χ0n) is 16.7. The molecule has 0 radical (unpaired) electrons. The first-order valence-corrected chi connectivity index (χ1v) is 9.92. The molecule has 0 spiro atoms. The molecule has 1 aliphatic carbocycles. The summed E-state index contributed by atoms with van der Waals surface area (Å²) in [5, 5.41) is 6.72. The number of amides is 1. The summed E-state index contributed by atoms with van der Waals surface area (Å²) in [6, 6.07) is 9.57. The normalized spacial score (nSPS) is 24.9. The second kappa shape index (κ2) is 8.31. The number of carbonyl (C=O) groups is 1. The zero-order chi connectivity index (χ0) is 18.1. The third-order valence-electron chi connectivity index (χ3n) is 6.27. The molecule has 1 heterocycles. The number of nitrogens with one attached hydrogen (secondary N) is 2. The van der Waals surface area contributed by atoms with Crippen molar-refractivity contribution in [3.8, 4) is 0 Å². The second-order valence-electron chi connectivity index (χ2n) is 9.26. The summed E-state index contributed by atoms with van der Waals surface area (Å²) in [5.74, 6) is 0.433. The molecule has 146 valence electrons. The maximum absolute atomic E-state index is 12.6. The Morgan fingerprint density at radius 3 is 2.38 bits per heavy atom. The van der Waals surface area contributed by atoms with Crippen LogP contribution in [0, 0.1) is 5.92 Å². The van der Waals surface area contributed by atoms with Gasteiger partial charge in [-0.15, -0.1) is 12.4 Å². The molecule has 1 aliphatic heterocycles. The lowest BCUT2D eigenvalue weighted by Crippen LogP contribution is -2.49. The van der Waals surface area contributed by atoms with Crippen LogP contribution in [0.5, 0.6) is 0 Å². The Kier molecular flexibility index (Phi) is 6.79. The van der Waals surface area contributed by atoms with Gasteiger partial charge in [-0.2, -0.15) is 0 Å². The summed E-state index contributed by atoms with van der Waals surface area (Å²) in [6.45, 7) is 10.7. The Hall–Kier alpha value is -1.06. The van der Waals surface area contributed by atoms with Gasteiger partial charge in [0.05, 0.1) is 0 Å². The number of hydrogen-bond donors (Lipinski definition) is 2. The van der Waals surface area contributed by atoms with Gasteiger partial charge in [-0.25, -0.2) is 0 Å². The van der Waals surface area contributed by atoms with Gasteiger partial charge in [0.25, 0.3) is 0 Å². The minimum absolute atomic E-state index is 0. The molecule has 2 N–H and O–H groups in total. The molecule has 4 heteroatoms. The Bertz CT molecular complexity index is 602. The molecule has 0 unspecified atom stereocenters. The van der Waals surface area contributed by atoms with Crippen molar-refractivity contribution in [3.63, 3.8) is 0 Å². The van der Waals surface area contributed by atoms with Crippen LogP contribution in [-0.4, -0.2) is 25.0 Å². The van der Waals surface area contributed by atoms with Crippen molar-refractivity contribution in [2.45, 2.75) is 76.7 Å². The van der Waals surface area contributed by atoms with E-state index >= 15 is 0 Å². The van der Waals surface area contributed by atoms with E-state index in [1.54, 1.807) is 0 Å². The highest BCUT2D eigenvalue weighted by Gasteiger charge is 2.39. The predicted molar refractivity (Wildman–Crippen MR) is 111 cm³/mol. The average Bonchev–Trinajstić information content (AvgIpc) is 2.53. The van der Waals surface area contributed by atoms with E-state index in [-0.39, 0.29) is 35.1 Å². The van der Waals surface area contributed by atoms with Gasteiger partial charge in [-0.1, -0.05) is 51.5 Å². The van der Waals surface area contributed by atoms with E-state index in [1.165, 1.54) is 30.4 Å². The van der Waals surface area contributed by atoms with Crippen molar-refractivity contribution in [3.05, 3.63) is 35.4 Å². The van der Waals surface area contributed by atoms with Gasteiger partial charge in [0.1, 0.15) is 0 Å². The molecule has 1 aromatic rings. The number of carbonyl (C=O) groups excluding carboxylic acids is 1. The number of rotatable bonds is 4. The highest BCUT2D eigenvalue weighted by molar-refractivity contribution is 5.85. The third-order valence-corrected chi connectivity index (χ3v) is 6.27. The van der Waals surface area contributed by atoms with E-state index in [4.69, 9.17) is 0 Å². The molecular formula is C22H35ClN2O. The molecule has 1 saturated carbocycles. The maximum Gasteiger partial charge on any atom is 0.223 e. The van der Waals surface area contributed by atoms with E-state index in [0.29, 0.717) is 6.04 Å². The zero-order valence-corrected chi connectivity index (χ0v) is 17.5. The van der Waals surface area contributed by atoms with Crippen LogP contribution in [0.2, 0.25) is 0 Å². The van der Waals surface area contributed by atoms with Crippen LogP contribution in [-0.2, 0) is 15.6 Å². The monoisotopic (exact) mass is 378 g/mol. The molecule has 2 atom stereocenters. The van der Waals surface area contributed by atoms with Gasteiger partial charge in [-0.3, -0.25) is 4.79 Å². The fourth-order valence-electron chi connectivity index (χ4n) is 4.27. The highest BCUT2D eigenvalue weighted by Crippen LogP contribution is 2.43. The number of piperidine rings is 1. The number of halogens is 1. The molecular weight excluding hydrogens is 344 g/mol. The lowest BCUT2D eigenvalue weighted by molar-refractivity contribution is -0.126. The van der Waals surface area contributed by atoms with Gasteiger partial charge in [-0.05, 0) is 55.7 Å². The van der Waals surface area contributed by atoms with Gasteiger partial charge in [0.2, 0.25) is 5.91 Å². The topological polar surface area (TPSA) is 41.1 Å². The van der Waals surface area contributed by atoms with Crippen molar-refractivity contribution < 1.29 is 4.79 Å². The summed E-state index contributed by atoms with van der Waals surface area (Å²) >= 11 is 0. The summed E-state index contributed by atoms with van der Waals surface area (Å²) in [5.41, 5.74) is 3.11. The highest BCUT2D eigenvalue weighted by atomic mass is 35.5. The quantitative estimate of drug-likeness (QED) is 0.818. The molecule has 2 aliphatic rings. The Labute approximate surface area is 165 Å². The van der Waals surface area contributed by atoms with Gasteiger partial charge in [0, 0.05) is 23.9 Å². The Balaban J connectivity index is 0.00000243. The van der Waals surface area contributed by atoms with Crippen LogP contribution < -0.4 is 10.6 Å². The minimum atomic E-state index is 0. The van der Waals surface area contributed by atoms with Gasteiger partial charge < -0.3 is 10.6 Å². The van der Waals surface area contributed by atoms with Crippen molar-refractivity contribution >= 4 is 18.3 Å². The first-order chi connectivity index (χ1) is 11.8. The van der Waals surface area contributed by atoms with E-state index in [1.807, 2.05) is 0 Å². The molecule has 0 aromatic heterocycles. The number of benzene rings is 1. The summed E-state index contributed by atoms with van der Waals surface area (Å²) in [7, 11) is 0. The maximum atomic E-state index is 12.6. The molecule has 2 fully saturated rings. The van der Waals surface area contributed by atoms with E-state index in [0.717, 1.165) is 25.9 Å². The van der Waals surface area contributed by atoms with Crippen molar-refractivity contribution in [2.75, 3.05) is 13.1 Å². The Morgan fingerprint density at radius 1 is 1.23 bits per heavy atom. The van der Waals surface area contributed by atoms with Crippen LogP contribution in [0.15, 0.2) is 24.3 Å². The summed E-state index contributed by atoms with van der Waals surface area (Å²) < 4.78 is 0. The van der Waals surface area contributed by atoms with E-state index < -0.39 is 0 Å². The smallest absolute Gasteiger partial charge is 0.223 e. The van der Waals surface area contributed by atoms with Gasteiger partial charge in [0.15, 0.2) is 0 Å². The second-order valence-corrected chi connectivity index (χ2v) is 9.26. The average molecular weight is 379 g/mol. The van der Waals surface area contributed by atoms with Gasteiger partial charge >= 0.3 is 0 Å².